The number of carbonyl (C=O) groups excluding carboxylic acids is 1. The average Bonchev–Trinajstić information content (AvgIpc) is 2.65. The minimum Gasteiger partial charge on any atom is -0.493 e. The van der Waals surface area contributed by atoms with Gasteiger partial charge in [0.15, 0.2) is 17.3 Å². The molecule has 0 aromatic heterocycles. The zero-order chi connectivity index (χ0) is 18.2. The molecule has 0 N–H and O–H groups in total. The van der Waals surface area contributed by atoms with E-state index < -0.39 is 0 Å². The molecular weight excluding hydrogens is 336 g/mol. The van der Waals surface area contributed by atoms with Gasteiger partial charge >= 0.3 is 0 Å². The standard InChI is InChI=1S/C20H22O4S/c1-5-25-16-10-6-14(7-11-16)17(21)12-8-15-9-13-18(22-2)20(24-4)19(15)23-3/h6-13H,5H2,1-4H3. The number of benzene rings is 2. The fourth-order valence-corrected chi connectivity index (χ4v) is 3.06. The van der Waals surface area contributed by atoms with Gasteiger partial charge in [0, 0.05) is 16.0 Å². The minimum absolute atomic E-state index is 0.0649. The Morgan fingerprint density at radius 2 is 1.64 bits per heavy atom. The fourth-order valence-electron chi connectivity index (χ4n) is 2.40. The molecule has 0 saturated carbocycles. The van der Waals surface area contributed by atoms with Crippen molar-refractivity contribution in [1.29, 1.82) is 0 Å². The number of methoxy groups -OCH3 is 3. The van der Waals surface area contributed by atoms with Crippen molar-refractivity contribution >= 4 is 23.6 Å². The third-order valence-electron chi connectivity index (χ3n) is 3.60. The van der Waals surface area contributed by atoms with Crippen LogP contribution in [0, 0.1) is 0 Å². The lowest BCUT2D eigenvalue weighted by atomic mass is 10.1. The molecule has 0 aliphatic rings. The summed E-state index contributed by atoms with van der Waals surface area (Å²) in [5.41, 5.74) is 1.39. The van der Waals surface area contributed by atoms with Crippen molar-refractivity contribution in [1.82, 2.24) is 0 Å². The van der Waals surface area contributed by atoms with E-state index in [0.717, 1.165) is 16.2 Å². The van der Waals surface area contributed by atoms with E-state index in [9.17, 15) is 4.79 Å². The number of hydrogen-bond donors (Lipinski definition) is 0. The average molecular weight is 358 g/mol. The van der Waals surface area contributed by atoms with Crippen molar-refractivity contribution in [3.8, 4) is 17.2 Å². The van der Waals surface area contributed by atoms with Crippen molar-refractivity contribution in [2.75, 3.05) is 27.1 Å². The molecule has 0 radical (unpaired) electrons. The molecule has 0 saturated heterocycles. The van der Waals surface area contributed by atoms with Gasteiger partial charge in [-0.3, -0.25) is 4.79 Å². The molecule has 0 bridgehead atoms. The summed E-state index contributed by atoms with van der Waals surface area (Å²) >= 11 is 1.75. The second-order valence-corrected chi connectivity index (χ2v) is 6.42. The molecule has 25 heavy (non-hydrogen) atoms. The van der Waals surface area contributed by atoms with Crippen molar-refractivity contribution in [3.63, 3.8) is 0 Å². The van der Waals surface area contributed by atoms with Crippen LogP contribution < -0.4 is 14.2 Å². The number of ketones is 1. The van der Waals surface area contributed by atoms with Crippen LogP contribution in [0.3, 0.4) is 0 Å². The Morgan fingerprint density at radius 1 is 0.960 bits per heavy atom. The predicted octanol–water partition coefficient (Wildman–Crippen LogP) is 4.72. The molecule has 2 aromatic carbocycles. The van der Waals surface area contributed by atoms with E-state index in [1.165, 1.54) is 6.08 Å². The normalized spacial score (nSPS) is 10.7. The molecule has 0 heterocycles. The highest BCUT2D eigenvalue weighted by molar-refractivity contribution is 7.99. The van der Waals surface area contributed by atoms with Crippen molar-refractivity contribution < 1.29 is 19.0 Å². The molecule has 132 valence electrons. The molecule has 2 rings (SSSR count). The Morgan fingerprint density at radius 3 is 2.20 bits per heavy atom. The highest BCUT2D eigenvalue weighted by Gasteiger charge is 2.14. The van der Waals surface area contributed by atoms with Crippen LogP contribution in [0.5, 0.6) is 17.2 Å². The molecule has 0 unspecified atom stereocenters. The Labute approximate surface area is 152 Å². The van der Waals surface area contributed by atoms with Gasteiger partial charge in [0.25, 0.3) is 0 Å². The zero-order valence-corrected chi connectivity index (χ0v) is 15.7. The van der Waals surface area contributed by atoms with Crippen LogP contribution in [0.15, 0.2) is 47.4 Å². The van der Waals surface area contributed by atoms with Crippen LogP contribution in [-0.2, 0) is 0 Å². The van der Waals surface area contributed by atoms with Crippen LogP contribution in [0.4, 0.5) is 0 Å². The van der Waals surface area contributed by atoms with E-state index >= 15 is 0 Å². The summed E-state index contributed by atoms with van der Waals surface area (Å²) in [7, 11) is 4.67. The summed E-state index contributed by atoms with van der Waals surface area (Å²) < 4.78 is 16.0. The first-order chi connectivity index (χ1) is 12.1. The van der Waals surface area contributed by atoms with Crippen molar-refractivity contribution in [2.24, 2.45) is 0 Å². The lowest BCUT2D eigenvalue weighted by Crippen LogP contribution is -1.97. The summed E-state index contributed by atoms with van der Waals surface area (Å²) in [6.07, 6.45) is 3.25. The maximum Gasteiger partial charge on any atom is 0.203 e. The third-order valence-corrected chi connectivity index (χ3v) is 4.49. The molecule has 0 amide bonds. The first-order valence-electron chi connectivity index (χ1n) is 7.88. The number of rotatable bonds is 8. The van der Waals surface area contributed by atoms with Gasteiger partial charge in [-0.25, -0.2) is 0 Å². The molecule has 0 aliphatic heterocycles. The smallest absolute Gasteiger partial charge is 0.203 e. The van der Waals surface area contributed by atoms with Gasteiger partial charge in [-0.15, -0.1) is 11.8 Å². The molecule has 2 aromatic rings. The van der Waals surface area contributed by atoms with Gasteiger partial charge in [-0.1, -0.05) is 6.92 Å². The third kappa shape index (κ3) is 4.57. The molecule has 0 atom stereocenters. The second-order valence-electron chi connectivity index (χ2n) is 5.08. The molecule has 5 heteroatoms. The van der Waals surface area contributed by atoms with E-state index in [1.54, 1.807) is 45.2 Å². The van der Waals surface area contributed by atoms with E-state index in [2.05, 4.69) is 6.92 Å². The summed E-state index contributed by atoms with van der Waals surface area (Å²) in [6.45, 7) is 2.10. The molecule has 4 nitrogen and oxygen atoms in total. The Balaban J connectivity index is 2.24. The van der Waals surface area contributed by atoms with Gasteiger partial charge < -0.3 is 14.2 Å². The van der Waals surface area contributed by atoms with Crippen LogP contribution in [0.25, 0.3) is 6.08 Å². The Kier molecular flexibility index (Phi) is 6.95. The molecule has 0 aliphatic carbocycles. The van der Waals surface area contributed by atoms with E-state index in [4.69, 9.17) is 14.2 Å². The summed E-state index contributed by atoms with van der Waals surface area (Å²) in [5, 5.41) is 0. The van der Waals surface area contributed by atoms with Gasteiger partial charge in [-0.2, -0.15) is 0 Å². The second kappa shape index (κ2) is 9.18. The highest BCUT2D eigenvalue weighted by Crippen LogP contribution is 2.40. The summed E-state index contributed by atoms with van der Waals surface area (Å²) in [6, 6.07) is 11.2. The van der Waals surface area contributed by atoms with Crippen LogP contribution in [0.2, 0.25) is 0 Å². The number of allylic oxidation sites excluding steroid dienone is 1. The van der Waals surface area contributed by atoms with Gasteiger partial charge in [0.1, 0.15) is 0 Å². The predicted molar refractivity (Wildman–Crippen MR) is 102 cm³/mol. The Hall–Kier alpha value is -2.40. The first kappa shape index (κ1) is 18.9. The van der Waals surface area contributed by atoms with Crippen molar-refractivity contribution in [2.45, 2.75) is 11.8 Å². The van der Waals surface area contributed by atoms with E-state index in [0.29, 0.717) is 22.8 Å². The van der Waals surface area contributed by atoms with Gasteiger partial charge in [-0.05, 0) is 54.3 Å². The highest BCUT2D eigenvalue weighted by atomic mass is 32.2. The molecular formula is C20H22O4S. The minimum atomic E-state index is -0.0649. The van der Waals surface area contributed by atoms with Crippen LogP contribution in [-0.4, -0.2) is 32.9 Å². The Bertz CT molecular complexity index is 751. The molecule has 0 fully saturated rings. The zero-order valence-electron chi connectivity index (χ0n) is 14.9. The van der Waals surface area contributed by atoms with E-state index in [1.807, 2.05) is 30.3 Å². The SMILES string of the molecule is CCSc1ccc(C(=O)C=Cc2ccc(OC)c(OC)c2OC)cc1. The monoisotopic (exact) mass is 358 g/mol. The lowest BCUT2D eigenvalue weighted by Gasteiger charge is -2.13. The number of hydrogen-bond acceptors (Lipinski definition) is 5. The summed E-state index contributed by atoms with van der Waals surface area (Å²) in [4.78, 5) is 13.5. The maximum absolute atomic E-state index is 12.4. The number of thioether (sulfide) groups is 1. The largest absolute Gasteiger partial charge is 0.493 e. The number of carbonyl (C=O) groups is 1. The van der Waals surface area contributed by atoms with Gasteiger partial charge in [0.05, 0.1) is 21.3 Å². The fraction of sp³-hybridized carbons (Fsp3) is 0.250. The first-order valence-corrected chi connectivity index (χ1v) is 8.87. The number of ether oxygens (including phenoxy) is 3. The molecule has 0 spiro atoms. The van der Waals surface area contributed by atoms with Crippen molar-refractivity contribution in [3.05, 3.63) is 53.6 Å². The van der Waals surface area contributed by atoms with Gasteiger partial charge in [0.2, 0.25) is 5.75 Å². The lowest BCUT2D eigenvalue weighted by molar-refractivity contribution is 0.104. The quantitative estimate of drug-likeness (QED) is 0.388. The van der Waals surface area contributed by atoms with Crippen LogP contribution >= 0.6 is 11.8 Å². The van der Waals surface area contributed by atoms with E-state index in [-0.39, 0.29) is 5.78 Å². The van der Waals surface area contributed by atoms with Crippen LogP contribution in [0.1, 0.15) is 22.8 Å². The maximum atomic E-state index is 12.4. The topological polar surface area (TPSA) is 44.8 Å². The summed E-state index contributed by atoms with van der Waals surface area (Å²) in [5.74, 6) is 2.55.